The SMILES string of the molecule is Cc1nc2nc(N(Cc3ccc(Br)cc3)C(=O)c3ccccc3)[nH]n2c(=O)c1C. The zero-order valence-electron chi connectivity index (χ0n) is 15.9. The minimum Gasteiger partial charge on any atom is -0.272 e. The first-order valence-corrected chi connectivity index (χ1v) is 9.80. The number of halogens is 1. The molecule has 2 aromatic heterocycles. The van der Waals surface area contributed by atoms with Crippen molar-refractivity contribution in [3.63, 3.8) is 0 Å². The molecule has 0 saturated heterocycles. The standard InChI is InChI=1S/C21H18BrN5O2/c1-13-14(2)23-20-24-21(25-27(20)18(13)28)26(12-15-8-10-17(22)11-9-15)19(29)16-6-4-3-5-7-16/h3-11H,12H2,1-2H3,(H,23,24,25). The number of rotatable bonds is 4. The number of nitrogens with one attached hydrogen (secondary N) is 1. The predicted octanol–water partition coefficient (Wildman–Crippen LogP) is 3.64. The number of amides is 1. The number of hydrogen-bond donors (Lipinski definition) is 1. The molecule has 0 atom stereocenters. The molecule has 1 N–H and O–H groups in total. The van der Waals surface area contributed by atoms with Gasteiger partial charge in [-0.25, -0.2) is 4.98 Å². The summed E-state index contributed by atoms with van der Waals surface area (Å²) in [5.74, 6) is 0.264. The van der Waals surface area contributed by atoms with E-state index in [-0.39, 0.29) is 29.7 Å². The van der Waals surface area contributed by atoms with E-state index in [0.29, 0.717) is 16.8 Å². The highest BCUT2D eigenvalue weighted by atomic mass is 79.9. The van der Waals surface area contributed by atoms with E-state index >= 15 is 0 Å². The van der Waals surface area contributed by atoms with E-state index in [4.69, 9.17) is 0 Å². The van der Waals surface area contributed by atoms with E-state index in [1.54, 1.807) is 26.0 Å². The van der Waals surface area contributed by atoms with Crippen LogP contribution < -0.4 is 10.5 Å². The number of carbonyl (C=O) groups is 1. The molecule has 29 heavy (non-hydrogen) atoms. The van der Waals surface area contributed by atoms with Crippen molar-refractivity contribution in [1.82, 2.24) is 19.6 Å². The van der Waals surface area contributed by atoms with Gasteiger partial charge in [0.2, 0.25) is 5.95 Å². The van der Waals surface area contributed by atoms with Crippen LogP contribution in [0.3, 0.4) is 0 Å². The summed E-state index contributed by atoms with van der Waals surface area (Å²) in [5, 5.41) is 2.94. The molecule has 0 spiro atoms. The number of aryl methyl sites for hydroxylation is 1. The van der Waals surface area contributed by atoms with Crippen LogP contribution in [0.4, 0.5) is 5.95 Å². The van der Waals surface area contributed by atoms with Crippen molar-refractivity contribution in [3.8, 4) is 0 Å². The van der Waals surface area contributed by atoms with Crippen LogP contribution in [-0.4, -0.2) is 25.5 Å². The van der Waals surface area contributed by atoms with Crippen molar-refractivity contribution in [2.45, 2.75) is 20.4 Å². The third kappa shape index (κ3) is 3.71. The number of hydrogen-bond acceptors (Lipinski definition) is 4. The Hall–Kier alpha value is -3.26. The first kappa shape index (κ1) is 19.1. The molecule has 146 valence electrons. The minimum atomic E-state index is -0.234. The molecule has 0 aliphatic rings. The maximum Gasteiger partial charge on any atom is 0.277 e. The van der Waals surface area contributed by atoms with Gasteiger partial charge in [0, 0.05) is 21.3 Å². The molecule has 2 aromatic carbocycles. The number of nitrogens with zero attached hydrogens (tertiary/aromatic N) is 4. The van der Waals surface area contributed by atoms with E-state index < -0.39 is 0 Å². The van der Waals surface area contributed by atoms with E-state index in [1.165, 1.54) is 9.42 Å². The van der Waals surface area contributed by atoms with Gasteiger partial charge in [-0.3, -0.25) is 19.6 Å². The summed E-state index contributed by atoms with van der Waals surface area (Å²) in [5.41, 5.74) is 2.36. The summed E-state index contributed by atoms with van der Waals surface area (Å²) < 4.78 is 2.22. The van der Waals surface area contributed by atoms with Crippen LogP contribution in [0.1, 0.15) is 27.2 Å². The summed E-state index contributed by atoms with van der Waals surface area (Å²) in [4.78, 5) is 36.1. The molecule has 4 rings (SSSR count). The number of H-pyrrole nitrogens is 1. The quantitative estimate of drug-likeness (QED) is 0.513. The lowest BCUT2D eigenvalue weighted by atomic mass is 10.1. The Bertz CT molecular complexity index is 1250. The maximum absolute atomic E-state index is 13.3. The van der Waals surface area contributed by atoms with Crippen LogP contribution in [0, 0.1) is 13.8 Å². The molecule has 7 nitrogen and oxygen atoms in total. The summed E-state index contributed by atoms with van der Waals surface area (Å²) in [7, 11) is 0. The van der Waals surface area contributed by atoms with E-state index in [9.17, 15) is 9.59 Å². The van der Waals surface area contributed by atoms with Crippen LogP contribution in [0.25, 0.3) is 5.78 Å². The Morgan fingerprint density at radius 3 is 2.45 bits per heavy atom. The van der Waals surface area contributed by atoms with Gasteiger partial charge in [-0.15, -0.1) is 0 Å². The molecular weight excluding hydrogens is 434 g/mol. The van der Waals surface area contributed by atoms with Crippen LogP contribution >= 0.6 is 15.9 Å². The van der Waals surface area contributed by atoms with E-state index in [0.717, 1.165) is 10.0 Å². The maximum atomic E-state index is 13.3. The van der Waals surface area contributed by atoms with Gasteiger partial charge in [0.15, 0.2) is 0 Å². The van der Waals surface area contributed by atoms with Gasteiger partial charge in [0.05, 0.1) is 6.54 Å². The van der Waals surface area contributed by atoms with Crippen LogP contribution in [-0.2, 0) is 6.54 Å². The Balaban J connectivity index is 1.82. The predicted molar refractivity (Wildman–Crippen MR) is 114 cm³/mol. The van der Waals surface area contributed by atoms with Gasteiger partial charge < -0.3 is 0 Å². The second-order valence-electron chi connectivity index (χ2n) is 6.69. The fourth-order valence-electron chi connectivity index (χ4n) is 2.97. The lowest BCUT2D eigenvalue weighted by Crippen LogP contribution is -2.31. The number of anilines is 1. The lowest BCUT2D eigenvalue weighted by Gasteiger charge is -2.20. The first-order chi connectivity index (χ1) is 13.9. The van der Waals surface area contributed by atoms with Crippen molar-refractivity contribution in [3.05, 3.63) is 91.8 Å². The average molecular weight is 452 g/mol. The first-order valence-electron chi connectivity index (χ1n) is 9.01. The highest BCUT2D eigenvalue weighted by Gasteiger charge is 2.22. The third-order valence-corrected chi connectivity index (χ3v) is 5.26. The molecule has 2 heterocycles. The van der Waals surface area contributed by atoms with Crippen molar-refractivity contribution < 1.29 is 4.79 Å². The van der Waals surface area contributed by atoms with E-state index in [1.807, 2.05) is 42.5 Å². The number of aromatic amines is 1. The number of benzene rings is 2. The normalized spacial score (nSPS) is 11.0. The molecule has 4 aromatic rings. The zero-order valence-corrected chi connectivity index (χ0v) is 17.5. The molecular formula is C21H18BrN5O2. The Kier molecular flexibility index (Phi) is 5.02. The van der Waals surface area contributed by atoms with Gasteiger partial charge in [0.1, 0.15) is 0 Å². The monoisotopic (exact) mass is 451 g/mol. The molecule has 0 unspecified atom stereocenters. The van der Waals surface area contributed by atoms with Gasteiger partial charge in [0.25, 0.3) is 17.2 Å². The van der Waals surface area contributed by atoms with Crippen LogP contribution in [0.15, 0.2) is 63.9 Å². The summed E-state index contributed by atoms with van der Waals surface area (Å²) in [6.07, 6.45) is 0. The second kappa shape index (κ2) is 7.63. The third-order valence-electron chi connectivity index (χ3n) is 4.73. The number of carbonyl (C=O) groups excluding carboxylic acids is 1. The van der Waals surface area contributed by atoms with E-state index in [2.05, 4.69) is 31.0 Å². The van der Waals surface area contributed by atoms with Crippen molar-refractivity contribution >= 4 is 33.6 Å². The fourth-order valence-corrected chi connectivity index (χ4v) is 3.23. The van der Waals surface area contributed by atoms with Crippen LogP contribution in [0.5, 0.6) is 0 Å². The highest BCUT2D eigenvalue weighted by Crippen LogP contribution is 2.19. The second-order valence-corrected chi connectivity index (χ2v) is 7.61. The molecule has 8 heteroatoms. The van der Waals surface area contributed by atoms with Crippen molar-refractivity contribution in [2.75, 3.05) is 4.90 Å². The zero-order chi connectivity index (χ0) is 20.5. The Morgan fingerprint density at radius 1 is 1.07 bits per heavy atom. The molecule has 0 fully saturated rings. The largest absolute Gasteiger partial charge is 0.277 e. The molecule has 0 radical (unpaired) electrons. The Morgan fingerprint density at radius 2 is 1.76 bits per heavy atom. The summed E-state index contributed by atoms with van der Waals surface area (Å²) >= 11 is 3.42. The van der Waals surface area contributed by atoms with Crippen LogP contribution in [0.2, 0.25) is 0 Å². The topological polar surface area (TPSA) is 83.4 Å². The summed E-state index contributed by atoms with van der Waals surface area (Å²) in [6, 6.07) is 16.6. The van der Waals surface area contributed by atoms with Crippen molar-refractivity contribution in [2.24, 2.45) is 0 Å². The molecule has 0 saturated carbocycles. The van der Waals surface area contributed by atoms with Gasteiger partial charge >= 0.3 is 0 Å². The fraction of sp³-hybridized carbons (Fsp3) is 0.143. The molecule has 0 bridgehead atoms. The van der Waals surface area contributed by atoms with Gasteiger partial charge in [-0.05, 0) is 43.7 Å². The van der Waals surface area contributed by atoms with Gasteiger partial charge in [-0.2, -0.15) is 9.50 Å². The average Bonchev–Trinajstić information content (AvgIpc) is 3.15. The molecule has 1 amide bonds. The highest BCUT2D eigenvalue weighted by molar-refractivity contribution is 9.10. The minimum absolute atomic E-state index is 0.228. The van der Waals surface area contributed by atoms with Gasteiger partial charge in [-0.1, -0.05) is 46.3 Å². The summed E-state index contributed by atoms with van der Waals surface area (Å²) in [6.45, 7) is 3.76. The molecule has 0 aliphatic carbocycles. The lowest BCUT2D eigenvalue weighted by molar-refractivity contribution is 0.0983. The number of aromatic nitrogens is 4. The van der Waals surface area contributed by atoms with Crippen molar-refractivity contribution in [1.29, 1.82) is 0 Å². The Labute approximate surface area is 175 Å². The smallest absolute Gasteiger partial charge is 0.272 e. The molecule has 0 aliphatic heterocycles. The number of fused-ring (bicyclic) bond motifs is 1.